The number of pyridine rings is 1. The standard InChI is InChI=1S/C21H17N5O2/c1-2-3-9-26-20(27)15-6-4-5-14-13(7-8-16(19(14)15)21(26)28)12-25-18(11-23)17(24)10-22/h4-8,12,24,27H,2-3,9H2,1H3/b13-12+,24-17?,25-18?. The maximum absolute atomic E-state index is 12.9. The maximum Gasteiger partial charge on any atom is 0.261 e. The molecule has 28 heavy (non-hydrogen) atoms. The van der Waals surface area contributed by atoms with E-state index in [1.54, 1.807) is 42.5 Å². The van der Waals surface area contributed by atoms with Crippen molar-refractivity contribution in [1.82, 2.24) is 4.57 Å². The zero-order chi connectivity index (χ0) is 20.3. The first-order valence-corrected chi connectivity index (χ1v) is 8.77. The fourth-order valence-corrected chi connectivity index (χ4v) is 3.15. The van der Waals surface area contributed by atoms with Gasteiger partial charge in [0.15, 0.2) is 11.4 Å². The van der Waals surface area contributed by atoms with E-state index in [0.29, 0.717) is 33.3 Å². The summed E-state index contributed by atoms with van der Waals surface area (Å²) < 4.78 is 1.39. The van der Waals surface area contributed by atoms with Crippen LogP contribution in [-0.4, -0.2) is 21.1 Å². The van der Waals surface area contributed by atoms with Gasteiger partial charge in [0, 0.05) is 34.1 Å². The normalized spacial score (nSPS) is 12.2. The van der Waals surface area contributed by atoms with Crippen LogP contribution in [0.1, 0.15) is 19.8 Å². The van der Waals surface area contributed by atoms with E-state index in [1.807, 2.05) is 6.92 Å². The second-order valence-corrected chi connectivity index (χ2v) is 6.27. The van der Waals surface area contributed by atoms with Crippen LogP contribution in [-0.2, 0) is 6.54 Å². The van der Waals surface area contributed by atoms with Crippen LogP contribution in [0.2, 0.25) is 0 Å². The Hall–Kier alpha value is -3.97. The Morgan fingerprint density at radius 2 is 1.96 bits per heavy atom. The average molecular weight is 371 g/mol. The molecule has 0 amide bonds. The minimum atomic E-state index is -0.519. The molecule has 0 saturated carbocycles. The lowest BCUT2D eigenvalue weighted by molar-refractivity contribution is 0.409. The molecule has 0 atom stereocenters. The van der Waals surface area contributed by atoms with E-state index < -0.39 is 5.71 Å². The Bertz CT molecular complexity index is 1320. The lowest BCUT2D eigenvalue weighted by atomic mass is 10.0. The summed E-state index contributed by atoms with van der Waals surface area (Å²) in [5.41, 5.74) is -1.07. The van der Waals surface area contributed by atoms with Crippen molar-refractivity contribution in [3.05, 3.63) is 45.9 Å². The lowest BCUT2D eigenvalue weighted by Crippen LogP contribution is -2.21. The Kier molecular flexibility index (Phi) is 5.19. The van der Waals surface area contributed by atoms with E-state index in [9.17, 15) is 9.90 Å². The first kappa shape index (κ1) is 18.8. The second kappa shape index (κ2) is 7.73. The van der Waals surface area contributed by atoms with Crippen LogP contribution in [0, 0.1) is 28.1 Å². The van der Waals surface area contributed by atoms with Gasteiger partial charge in [-0.15, -0.1) is 0 Å². The monoisotopic (exact) mass is 371 g/mol. The highest BCUT2D eigenvalue weighted by atomic mass is 16.3. The van der Waals surface area contributed by atoms with Gasteiger partial charge in [-0.25, -0.2) is 4.99 Å². The van der Waals surface area contributed by atoms with Gasteiger partial charge in [-0.3, -0.25) is 14.8 Å². The molecule has 0 radical (unpaired) electrons. The summed E-state index contributed by atoms with van der Waals surface area (Å²) in [5, 5.41) is 38.9. The molecular weight excluding hydrogens is 354 g/mol. The topological polar surface area (TPSA) is 126 Å². The molecule has 0 aliphatic heterocycles. The van der Waals surface area contributed by atoms with Crippen LogP contribution in [0.25, 0.3) is 27.7 Å². The van der Waals surface area contributed by atoms with Gasteiger partial charge in [-0.05, 0) is 23.9 Å². The number of hydrogen-bond donors (Lipinski definition) is 2. The molecular formula is C21H17N5O2. The third kappa shape index (κ3) is 3.10. The van der Waals surface area contributed by atoms with Crippen molar-refractivity contribution in [3.63, 3.8) is 0 Å². The van der Waals surface area contributed by atoms with Gasteiger partial charge in [-0.1, -0.05) is 31.5 Å². The minimum absolute atomic E-state index is 0.0684. The van der Waals surface area contributed by atoms with Crippen molar-refractivity contribution in [2.24, 2.45) is 4.99 Å². The van der Waals surface area contributed by atoms with E-state index in [4.69, 9.17) is 15.9 Å². The number of hydrogen-bond acceptors (Lipinski definition) is 6. The van der Waals surface area contributed by atoms with E-state index in [1.165, 1.54) is 10.8 Å². The number of unbranched alkanes of at least 4 members (excludes halogenated alkanes) is 1. The molecule has 1 heterocycles. The molecule has 138 valence electrons. The highest BCUT2D eigenvalue weighted by molar-refractivity contribution is 6.52. The molecule has 2 aromatic carbocycles. The molecule has 0 bridgehead atoms. The van der Waals surface area contributed by atoms with Crippen molar-refractivity contribution in [3.8, 4) is 18.0 Å². The number of aromatic nitrogens is 1. The fourth-order valence-electron chi connectivity index (χ4n) is 3.15. The molecule has 0 aliphatic carbocycles. The quantitative estimate of drug-likeness (QED) is 0.668. The van der Waals surface area contributed by atoms with Crippen LogP contribution in [0.5, 0.6) is 5.88 Å². The number of aliphatic imine (C=N–C) groups is 1. The van der Waals surface area contributed by atoms with Crippen LogP contribution < -0.4 is 10.8 Å². The Morgan fingerprint density at radius 1 is 1.21 bits per heavy atom. The number of aromatic hydroxyl groups is 1. The van der Waals surface area contributed by atoms with Gasteiger partial charge in [0.2, 0.25) is 5.88 Å². The van der Waals surface area contributed by atoms with Gasteiger partial charge in [0.25, 0.3) is 5.56 Å². The lowest BCUT2D eigenvalue weighted by Gasteiger charge is -2.14. The van der Waals surface area contributed by atoms with Gasteiger partial charge >= 0.3 is 0 Å². The SMILES string of the molecule is CCCCn1c(O)c2cccc3/c(=C/N=C(C#N)C(=N)C#N)ccc(c1=O)c23. The molecule has 0 unspecified atom stereocenters. The average Bonchev–Trinajstić information content (AvgIpc) is 2.72. The number of benzene rings is 2. The third-order valence-corrected chi connectivity index (χ3v) is 4.57. The molecule has 0 saturated heterocycles. The minimum Gasteiger partial charge on any atom is -0.494 e. The molecule has 3 rings (SSSR count). The van der Waals surface area contributed by atoms with E-state index in [-0.39, 0.29) is 17.2 Å². The maximum atomic E-state index is 12.9. The smallest absolute Gasteiger partial charge is 0.261 e. The molecule has 3 aromatic rings. The number of nitrogens with one attached hydrogen (secondary N) is 1. The van der Waals surface area contributed by atoms with Crippen molar-refractivity contribution < 1.29 is 5.11 Å². The molecule has 0 spiro atoms. The molecule has 2 N–H and O–H groups in total. The van der Waals surface area contributed by atoms with Crippen molar-refractivity contribution in [2.45, 2.75) is 26.3 Å². The van der Waals surface area contributed by atoms with Crippen LogP contribution in [0.3, 0.4) is 0 Å². The first-order chi connectivity index (χ1) is 13.5. The van der Waals surface area contributed by atoms with Crippen molar-refractivity contribution in [2.75, 3.05) is 0 Å². The largest absolute Gasteiger partial charge is 0.494 e. The van der Waals surface area contributed by atoms with Crippen molar-refractivity contribution >= 4 is 39.2 Å². The summed E-state index contributed by atoms with van der Waals surface area (Å²) in [6, 6.07) is 12.0. The summed E-state index contributed by atoms with van der Waals surface area (Å²) in [4.78, 5) is 16.8. The summed E-state index contributed by atoms with van der Waals surface area (Å²) in [6.45, 7) is 2.46. The van der Waals surface area contributed by atoms with Crippen molar-refractivity contribution in [1.29, 1.82) is 15.9 Å². The predicted octanol–water partition coefficient (Wildman–Crippen LogP) is 2.63. The molecule has 0 fully saturated rings. The molecule has 7 nitrogen and oxygen atoms in total. The molecule has 0 aliphatic rings. The van der Waals surface area contributed by atoms with Gasteiger partial charge in [0.05, 0.1) is 0 Å². The van der Waals surface area contributed by atoms with E-state index in [2.05, 4.69) is 4.99 Å². The zero-order valence-corrected chi connectivity index (χ0v) is 15.2. The number of rotatable bonds is 5. The van der Waals surface area contributed by atoms with E-state index in [0.717, 1.165) is 12.8 Å². The van der Waals surface area contributed by atoms with E-state index >= 15 is 0 Å². The van der Waals surface area contributed by atoms with Crippen LogP contribution in [0.4, 0.5) is 0 Å². The zero-order valence-electron chi connectivity index (χ0n) is 15.2. The van der Waals surface area contributed by atoms with Gasteiger partial charge in [0.1, 0.15) is 12.1 Å². The summed E-state index contributed by atoms with van der Waals surface area (Å²) in [7, 11) is 0. The Balaban J connectivity index is 2.34. The number of nitrogens with zero attached hydrogens (tertiary/aromatic N) is 4. The van der Waals surface area contributed by atoms with Gasteiger partial charge in [-0.2, -0.15) is 10.5 Å². The Morgan fingerprint density at radius 3 is 2.64 bits per heavy atom. The predicted molar refractivity (Wildman–Crippen MR) is 108 cm³/mol. The molecule has 7 heteroatoms. The highest BCUT2D eigenvalue weighted by Gasteiger charge is 2.15. The van der Waals surface area contributed by atoms with Crippen LogP contribution >= 0.6 is 0 Å². The summed E-state index contributed by atoms with van der Waals surface area (Å²) in [6.07, 6.45) is 3.07. The third-order valence-electron chi connectivity index (χ3n) is 4.57. The van der Waals surface area contributed by atoms with Crippen LogP contribution in [0.15, 0.2) is 40.1 Å². The number of nitriles is 2. The molecule has 1 aromatic heterocycles. The second-order valence-electron chi connectivity index (χ2n) is 6.27. The Labute approximate surface area is 160 Å². The fraction of sp³-hybridized carbons (Fsp3) is 0.190. The summed E-state index contributed by atoms with van der Waals surface area (Å²) in [5.74, 6) is -0.0684. The van der Waals surface area contributed by atoms with Gasteiger partial charge < -0.3 is 5.11 Å². The first-order valence-electron chi connectivity index (χ1n) is 8.77. The highest BCUT2D eigenvalue weighted by Crippen LogP contribution is 2.29. The summed E-state index contributed by atoms with van der Waals surface area (Å²) >= 11 is 0.